The van der Waals surface area contributed by atoms with Crippen molar-refractivity contribution in [3.05, 3.63) is 23.8 Å². The Hall–Kier alpha value is -0.520. The zero-order valence-electron chi connectivity index (χ0n) is 18.1. The third-order valence-corrected chi connectivity index (χ3v) is 5.73. The predicted molar refractivity (Wildman–Crippen MR) is 110 cm³/mol. The summed E-state index contributed by atoms with van der Waals surface area (Å²) in [5, 5.41) is 0. The van der Waals surface area contributed by atoms with Crippen LogP contribution >= 0.6 is 0 Å². The molecule has 0 N–H and O–H groups in total. The Morgan fingerprint density at radius 1 is 1.12 bits per heavy atom. The van der Waals surface area contributed by atoms with Gasteiger partial charge in [-0.05, 0) is 66.6 Å². The molecule has 24 heavy (non-hydrogen) atoms. The normalized spacial score (nSPS) is 27.4. The van der Waals surface area contributed by atoms with Crippen LogP contribution in [0.5, 0.6) is 0 Å². The van der Waals surface area contributed by atoms with E-state index in [-0.39, 0.29) is 0 Å². The third kappa shape index (κ3) is 7.16. The van der Waals surface area contributed by atoms with E-state index < -0.39 is 0 Å². The summed E-state index contributed by atoms with van der Waals surface area (Å²) < 4.78 is 0. The second kappa shape index (κ2) is 8.24. The lowest BCUT2D eigenvalue weighted by molar-refractivity contribution is 0.134. The summed E-state index contributed by atoms with van der Waals surface area (Å²) in [6, 6.07) is 0. The first kappa shape index (κ1) is 21.5. The van der Waals surface area contributed by atoms with E-state index in [2.05, 4.69) is 80.5 Å². The summed E-state index contributed by atoms with van der Waals surface area (Å²) in [4.78, 5) is 0. The van der Waals surface area contributed by atoms with E-state index in [4.69, 9.17) is 0 Å². The smallest absolute Gasteiger partial charge is 0.0193 e. The van der Waals surface area contributed by atoms with Crippen LogP contribution in [0.25, 0.3) is 0 Å². The summed E-state index contributed by atoms with van der Waals surface area (Å²) in [5.74, 6) is 1.52. The topological polar surface area (TPSA) is 0 Å². The van der Waals surface area contributed by atoms with Gasteiger partial charge in [0.2, 0.25) is 0 Å². The predicted octanol–water partition coefficient (Wildman–Crippen LogP) is 8.19. The summed E-state index contributed by atoms with van der Waals surface area (Å²) in [6.07, 6.45) is 14.9. The van der Waals surface area contributed by atoms with Gasteiger partial charge in [0.25, 0.3) is 0 Å². The van der Waals surface area contributed by atoms with Crippen molar-refractivity contribution in [2.45, 2.75) is 101 Å². The quantitative estimate of drug-likeness (QED) is 0.430. The van der Waals surface area contributed by atoms with Crippen molar-refractivity contribution in [2.24, 2.45) is 28.1 Å². The van der Waals surface area contributed by atoms with Crippen molar-refractivity contribution in [1.29, 1.82) is 0 Å². The van der Waals surface area contributed by atoms with Gasteiger partial charge >= 0.3 is 0 Å². The molecule has 0 aromatic rings. The van der Waals surface area contributed by atoms with Gasteiger partial charge < -0.3 is 0 Å². The zero-order valence-corrected chi connectivity index (χ0v) is 18.1. The Morgan fingerprint density at radius 2 is 1.75 bits per heavy atom. The van der Waals surface area contributed by atoms with Crippen LogP contribution < -0.4 is 0 Å². The molecular weight excluding hydrogens is 288 g/mol. The van der Waals surface area contributed by atoms with Crippen molar-refractivity contribution in [3.8, 4) is 0 Å². The van der Waals surface area contributed by atoms with E-state index in [1.165, 1.54) is 32.1 Å². The fourth-order valence-corrected chi connectivity index (χ4v) is 4.32. The molecule has 0 saturated carbocycles. The highest BCUT2D eigenvalue weighted by Gasteiger charge is 2.36. The highest BCUT2D eigenvalue weighted by atomic mass is 14.4. The fraction of sp³-hybridized carbons (Fsp3) is 0.833. The molecule has 0 saturated heterocycles. The molecule has 0 amide bonds. The summed E-state index contributed by atoms with van der Waals surface area (Å²) in [5.41, 5.74) is 2.94. The molecule has 0 bridgehead atoms. The zero-order chi connectivity index (χ0) is 18.6. The van der Waals surface area contributed by atoms with Crippen LogP contribution in [-0.2, 0) is 0 Å². The average Bonchev–Trinajstić information content (AvgIpc) is 2.38. The van der Waals surface area contributed by atoms with Crippen LogP contribution in [0.3, 0.4) is 0 Å². The van der Waals surface area contributed by atoms with Crippen molar-refractivity contribution in [1.82, 2.24) is 0 Å². The maximum Gasteiger partial charge on any atom is -0.0193 e. The molecule has 0 nitrogen and oxygen atoms in total. The van der Waals surface area contributed by atoms with Gasteiger partial charge in [0.05, 0.1) is 0 Å². The van der Waals surface area contributed by atoms with Crippen LogP contribution in [0.4, 0.5) is 0 Å². The summed E-state index contributed by atoms with van der Waals surface area (Å²) >= 11 is 0. The molecule has 0 heteroatoms. The summed E-state index contributed by atoms with van der Waals surface area (Å²) in [7, 11) is 0. The first-order valence-corrected chi connectivity index (χ1v) is 10.2. The molecule has 3 atom stereocenters. The van der Waals surface area contributed by atoms with Gasteiger partial charge in [-0.1, -0.05) is 86.1 Å². The maximum absolute atomic E-state index is 2.55. The first-order chi connectivity index (χ1) is 10.9. The lowest BCUT2D eigenvalue weighted by Crippen LogP contribution is -2.32. The van der Waals surface area contributed by atoms with Gasteiger partial charge in [-0.3, -0.25) is 0 Å². The van der Waals surface area contributed by atoms with Gasteiger partial charge in [-0.15, -0.1) is 0 Å². The van der Waals surface area contributed by atoms with Crippen LogP contribution in [0.1, 0.15) is 101 Å². The molecule has 0 heterocycles. The standard InChI is InChI=1S/C24H44/c1-10-13-20(16-22(3,4)5)21(17-23(6,7)8)18-24(9)15-12-11-14-19(24)2/h11-13,19,21H,10,14-18H2,1-9H3. The largest absolute Gasteiger partial charge is 0.0882 e. The van der Waals surface area contributed by atoms with Crippen LogP contribution in [0.15, 0.2) is 23.8 Å². The molecule has 0 aliphatic heterocycles. The van der Waals surface area contributed by atoms with E-state index in [0.717, 1.165) is 18.3 Å². The van der Waals surface area contributed by atoms with Gasteiger partial charge in [0, 0.05) is 0 Å². The summed E-state index contributed by atoms with van der Waals surface area (Å²) in [6.45, 7) is 21.7. The molecular formula is C24H44. The van der Waals surface area contributed by atoms with E-state index in [1.54, 1.807) is 5.57 Å². The van der Waals surface area contributed by atoms with Crippen LogP contribution in [0, 0.1) is 28.1 Å². The number of rotatable bonds is 6. The van der Waals surface area contributed by atoms with Crippen molar-refractivity contribution in [3.63, 3.8) is 0 Å². The van der Waals surface area contributed by atoms with Gasteiger partial charge in [0.15, 0.2) is 0 Å². The highest BCUT2D eigenvalue weighted by Crippen LogP contribution is 2.47. The van der Waals surface area contributed by atoms with E-state index >= 15 is 0 Å². The molecule has 3 unspecified atom stereocenters. The van der Waals surface area contributed by atoms with E-state index in [9.17, 15) is 0 Å². The monoisotopic (exact) mass is 332 g/mol. The molecule has 0 aromatic carbocycles. The Balaban J connectivity index is 3.09. The highest BCUT2D eigenvalue weighted by molar-refractivity contribution is 5.12. The molecule has 1 aliphatic carbocycles. The fourth-order valence-electron chi connectivity index (χ4n) is 4.32. The first-order valence-electron chi connectivity index (χ1n) is 10.2. The SMILES string of the molecule is CCC=C(CC(C)(C)C)C(CC(C)(C)C)CC1(C)CC=CCC1C. The second-order valence-electron chi connectivity index (χ2n) is 11.1. The lowest BCUT2D eigenvalue weighted by Gasteiger charge is -2.42. The number of hydrogen-bond donors (Lipinski definition) is 0. The van der Waals surface area contributed by atoms with Crippen molar-refractivity contribution >= 4 is 0 Å². The van der Waals surface area contributed by atoms with Gasteiger partial charge in [-0.2, -0.15) is 0 Å². The molecule has 0 aromatic heterocycles. The minimum Gasteiger partial charge on any atom is -0.0882 e. The molecule has 1 aliphatic rings. The molecule has 140 valence electrons. The maximum atomic E-state index is 2.55. The minimum absolute atomic E-state index is 0.371. The molecule has 1 rings (SSSR count). The average molecular weight is 333 g/mol. The van der Waals surface area contributed by atoms with Gasteiger partial charge in [0.1, 0.15) is 0 Å². The van der Waals surface area contributed by atoms with Crippen molar-refractivity contribution < 1.29 is 0 Å². The van der Waals surface area contributed by atoms with Crippen molar-refractivity contribution in [2.75, 3.05) is 0 Å². The Kier molecular flexibility index (Phi) is 7.39. The van der Waals surface area contributed by atoms with Gasteiger partial charge in [-0.25, -0.2) is 0 Å². The Labute approximate surface area is 153 Å². The number of allylic oxidation sites excluding steroid dienone is 4. The number of hydrogen-bond acceptors (Lipinski definition) is 0. The van der Waals surface area contributed by atoms with E-state index in [0.29, 0.717) is 16.2 Å². The lowest BCUT2D eigenvalue weighted by atomic mass is 9.63. The van der Waals surface area contributed by atoms with Crippen LogP contribution in [-0.4, -0.2) is 0 Å². The second-order valence-corrected chi connectivity index (χ2v) is 11.1. The molecule has 0 radical (unpaired) electrons. The minimum atomic E-state index is 0.371. The van der Waals surface area contributed by atoms with E-state index in [1.807, 2.05) is 0 Å². The third-order valence-electron chi connectivity index (χ3n) is 5.73. The van der Waals surface area contributed by atoms with Crippen LogP contribution in [0.2, 0.25) is 0 Å². The molecule has 0 spiro atoms. The Morgan fingerprint density at radius 3 is 2.21 bits per heavy atom. The Bertz CT molecular complexity index is 438. The molecule has 0 fully saturated rings.